The normalized spacial score (nSPS) is 12.6. The Balaban J connectivity index is 2.14. The highest BCUT2D eigenvalue weighted by Crippen LogP contribution is 2.17. The number of carbonyl (C=O) groups excluding carboxylic acids is 4. The van der Waals surface area contributed by atoms with E-state index in [1.54, 1.807) is 24.3 Å². The predicted molar refractivity (Wildman–Crippen MR) is 163 cm³/mol. The zero-order chi connectivity index (χ0) is 31.0. The highest BCUT2D eigenvalue weighted by atomic mass is 16.5. The zero-order valence-corrected chi connectivity index (χ0v) is 24.8. The molecule has 11 heteroatoms. The Hall–Kier alpha value is -3.70. The summed E-state index contributed by atoms with van der Waals surface area (Å²) in [5, 5.41) is 8.55. The average molecular weight is 579 g/mol. The molecule has 0 bridgehead atoms. The molecule has 2 aromatic rings. The molecule has 0 saturated heterocycles. The Labute approximate surface area is 249 Å². The molecule has 2 rings (SSSR count). The summed E-state index contributed by atoms with van der Waals surface area (Å²) in [4.78, 5) is 50.6. The van der Waals surface area contributed by atoms with E-state index in [2.05, 4.69) is 16.0 Å². The molecule has 0 aliphatic heterocycles. The van der Waals surface area contributed by atoms with Gasteiger partial charge in [-0.1, -0.05) is 42.5 Å². The molecule has 0 saturated carbocycles. The quantitative estimate of drug-likeness (QED) is 0.157. The third-order valence-corrected chi connectivity index (χ3v) is 6.61. The fraction of sp³-hybridized carbons (Fsp3) is 0.484. The minimum Gasteiger partial charge on any atom is -0.470 e. The summed E-state index contributed by atoms with van der Waals surface area (Å²) < 4.78 is 10.5. The van der Waals surface area contributed by atoms with E-state index in [0.717, 1.165) is 5.56 Å². The molecule has 3 amide bonds. The zero-order valence-electron chi connectivity index (χ0n) is 24.8. The molecule has 226 valence electrons. The van der Waals surface area contributed by atoms with Crippen molar-refractivity contribution in [3.63, 3.8) is 0 Å². The molecule has 10 nitrogen and oxygen atoms in total. The number of anilines is 1. The van der Waals surface area contributed by atoms with Gasteiger partial charge in [0.15, 0.2) is 0 Å². The van der Waals surface area contributed by atoms with Crippen molar-refractivity contribution in [3.8, 4) is 0 Å². The molecule has 2 atom stereocenters. The molecular weight excluding hydrogens is 535 g/mol. The minimum absolute atomic E-state index is 0.0129. The predicted octanol–water partition coefficient (Wildman–Crippen LogP) is 3.37. The maximum atomic E-state index is 13.6. The van der Waals surface area contributed by atoms with Gasteiger partial charge in [-0.15, -0.1) is 0 Å². The van der Waals surface area contributed by atoms with Gasteiger partial charge < -0.3 is 31.2 Å². The van der Waals surface area contributed by atoms with Crippen LogP contribution in [-0.2, 0) is 36.9 Å². The second kappa shape index (κ2) is 18.0. The van der Waals surface area contributed by atoms with E-state index in [1.807, 2.05) is 51.1 Å². The van der Waals surface area contributed by atoms with Gasteiger partial charge in [0.05, 0.1) is 5.60 Å². The van der Waals surface area contributed by atoms with E-state index in [-0.39, 0.29) is 25.4 Å². The van der Waals surface area contributed by atoms with Crippen molar-refractivity contribution in [2.24, 2.45) is 5.73 Å². The molecule has 2 radical (unpaired) electrons. The van der Waals surface area contributed by atoms with E-state index in [0.29, 0.717) is 50.1 Å². The summed E-state index contributed by atoms with van der Waals surface area (Å²) in [7, 11) is 5.00. The van der Waals surface area contributed by atoms with Crippen molar-refractivity contribution < 1.29 is 28.7 Å². The molecule has 0 unspecified atom stereocenters. The van der Waals surface area contributed by atoms with Gasteiger partial charge >= 0.3 is 0 Å². The number of carbonyl (C=O) groups is 4. The highest BCUT2D eigenvalue weighted by molar-refractivity contribution is 6.55. The van der Waals surface area contributed by atoms with Crippen LogP contribution in [0.5, 0.6) is 0 Å². The summed E-state index contributed by atoms with van der Waals surface area (Å²) in [5.74, 6) is -2.00. The molecule has 0 aromatic heterocycles. The van der Waals surface area contributed by atoms with Crippen molar-refractivity contribution in [1.82, 2.24) is 10.6 Å². The van der Waals surface area contributed by atoms with E-state index in [1.165, 1.54) is 0 Å². The Kier molecular flexibility index (Phi) is 14.8. The van der Waals surface area contributed by atoms with E-state index in [4.69, 9.17) is 23.1 Å². The lowest BCUT2D eigenvalue weighted by Gasteiger charge is -2.26. The first-order chi connectivity index (χ1) is 20.0. The first kappa shape index (κ1) is 34.5. The number of ether oxygens (including phenoxy) is 2. The fourth-order valence-electron chi connectivity index (χ4n) is 4.31. The largest absolute Gasteiger partial charge is 0.470 e. The number of hydrogen-bond acceptors (Lipinski definition) is 7. The van der Waals surface area contributed by atoms with Crippen molar-refractivity contribution in [1.29, 1.82) is 0 Å². The maximum Gasteiger partial charge on any atom is 0.246 e. The summed E-state index contributed by atoms with van der Waals surface area (Å²) in [6.07, 6.45) is 2.62. The molecule has 0 heterocycles. The van der Waals surface area contributed by atoms with Gasteiger partial charge in [-0.25, -0.2) is 0 Å². The van der Waals surface area contributed by atoms with Crippen molar-refractivity contribution >= 4 is 37.1 Å². The van der Waals surface area contributed by atoms with E-state index < -0.39 is 35.4 Å². The molecule has 0 spiro atoms. The van der Waals surface area contributed by atoms with Crippen LogP contribution in [0.1, 0.15) is 64.0 Å². The van der Waals surface area contributed by atoms with Crippen LogP contribution in [0.3, 0.4) is 0 Å². The number of nitrogens with two attached hydrogens (primary N) is 1. The van der Waals surface area contributed by atoms with Crippen LogP contribution in [0, 0.1) is 0 Å². The van der Waals surface area contributed by atoms with Gasteiger partial charge in [-0.2, -0.15) is 0 Å². The lowest BCUT2D eigenvalue weighted by Crippen LogP contribution is -2.53. The SMILES string of the molecule is [B]C(=O)OCc1ccc(NC(=O)[C@H](CCCCN)NC(=O)[C@H](Cc2ccccc2)NC(=O)CCC(C)(C)OCC)cc1. The topological polar surface area (TPSA) is 149 Å². The summed E-state index contributed by atoms with van der Waals surface area (Å²) in [6.45, 7) is 6.75. The van der Waals surface area contributed by atoms with Crippen LogP contribution in [0.15, 0.2) is 54.6 Å². The minimum atomic E-state index is -0.885. The summed E-state index contributed by atoms with van der Waals surface area (Å²) in [5.41, 5.74) is 7.26. The maximum absolute atomic E-state index is 13.6. The summed E-state index contributed by atoms with van der Waals surface area (Å²) in [6, 6.07) is 14.4. The average Bonchev–Trinajstić information content (AvgIpc) is 2.95. The number of hydrogen-bond donors (Lipinski definition) is 4. The van der Waals surface area contributed by atoms with Crippen LogP contribution < -0.4 is 21.7 Å². The van der Waals surface area contributed by atoms with Crippen molar-refractivity contribution in [3.05, 3.63) is 65.7 Å². The third kappa shape index (κ3) is 13.3. The van der Waals surface area contributed by atoms with Crippen LogP contribution in [0.2, 0.25) is 0 Å². The van der Waals surface area contributed by atoms with Crippen LogP contribution in [0.25, 0.3) is 0 Å². The fourth-order valence-corrected chi connectivity index (χ4v) is 4.31. The van der Waals surface area contributed by atoms with Crippen LogP contribution in [-0.4, -0.2) is 62.3 Å². The van der Waals surface area contributed by atoms with Gasteiger partial charge in [-0.3, -0.25) is 19.2 Å². The van der Waals surface area contributed by atoms with Gasteiger partial charge in [0.1, 0.15) is 18.7 Å². The lowest BCUT2D eigenvalue weighted by atomic mass is 10.0. The molecular formula is C31H43BN4O6. The number of rotatable bonds is 18. The van der Waals surface area contributed by atoms with Crippen LogP contribution >= 0.6 is 0 Å². The number of unbranched alkanes of at least 4 members (excludes halogenated alkanes) is 1. The molecule has 5 N–H and O–H groups in total. The number of amides is 3. The van der Waals surface area contributed by atoms with Gasteiger partial charge in [-0.05, 0) is 76.3 Å². The van der Waals surface area contributed by atoms with Gasteiger partial charge in [0.25, 0.3) is 0 Å². The lowest BCUT2D eigenvalue weighted by molar-refractivity contribution is -0.131. The first-order valence-electron chi connectivity index (χ1n) is 14.3. The van der Waals surface area contributed by atoms with Crippen molar-refractivity contribution in [2.75, 3.05) is 18.5 Å². The van der Waals surface area contributed by atoms with E-state index in [9.17, 15) is 19.2 Å². The Bertz CT molecular complexity index is 1140. The molecule has 0 aliphatic rings. The standard InChI is InChI=1S/C31H43BN4O6/c1-4-42-31(2,3)18-17-27(37)35-26(20-22-10-6-5-7-11-22)29(39)36-25(12-8-9-19-33)28(38)34-24-15-13-23(14-16-24)21-41-30(32)40/h5-7,10-11,13-16,25-26H,4,8-9,12,17-21,33H2,1-3H3,(H,34,38)(H,35,37)(H,36,39)/t25-,26-/m0/s1. The molecule has 0 fully saturated rings. The Morgan fingerprint density at radius 1 is 0.905 bits per heavy atom. The van der Waals surface area contributed by atoms with E-state index >= 15 is 0 Å². The number of nitrogens with one attached hydrogen (secondary N) is 3. The number of benzene rings is 2. The Morgan fingerprint density at radius 2 is 1.60 bits per heavy atom. The van der Waals surface area contributed by atoms with Crippen molar-refractivity contribution in [2.45, 2.75) is 83.6 Å². The molecule has 42 heavy (non-hydrogen) atoms. The van der Waals surface area contributed by atoms with Crippen LogP contribution in [0.4, 0.5) is 10.5 Å². The molecule has 0 aliphatic carbocycles. The third-order valence-electron chi connectivity index (χ3n) is 6.61. The summed E-state index contributed by atoms with van der Waals surface area (Å²) >= 11 is 0. The second-order valence-corrected chi connectivity index (χ2v) is 10.6. The molecule has 2 aromatic carbocycles. The van der Waals surface area contributed by atoms with Gasteiger partial charge in [0.2, 0.25) is 31.4 Å². The van der Waals surface area contributed by atoms with Gasteiger partial charge in [0, 0.05) is 25.1 Å². The first-order valence-corrected chi connectivity index (χ1v) is 14.3. The second-order valence-electron chi connectivity index (χ2n) is 10.6. The Morgan fingerprint density at radius 3 is 2.21 bits per heavy atom. The smallest absolute Gasteiger partial charge is 0.246 e. The monoisotopic (exact) mass is 578 g/mol. The highest BCUT2D eigenvalue weighted by Gasteiger charge is 2.28.